The lowest BCUT2D eigenvalue weighted by Gasteiger charge is -2.12. The molecule has 0 saturated heterocycles. The van der Waals surface area contributed by atoms with Gasteiger partial charge >= 0.3 is 0 Å². The first-order valence-electron chi connectivity index (χ1n) is 7.93. The van der Waals surface area contributed by atoms with Crippen LogP contribution in [-0.2, 0) is 4.79 Å². The van der Waals surface area contributed by atoms with Crippen LogP contribution in [0.3, 0.4) is 0 Å². The van der Waals surface area contributed by atoms with Crippen LogP contribution in [0.4, 0.5) is 5.69 Å². The molecule has 0 radical (unpaired) electrons. The Labute approximate surface area is 151 Å². The van der Waals surface area contributed by atoms with E-state index in [1.54, 1.807) is 13.1 Å². The molecule has 0 saturated carbocycles. The average Bonchev–Trinajstić information content (AvgIpc) is 2.62. The maximum Gasteiger partial charge on any atom is 0.280 e. The second-order valence-electron chi connectivity index (χ2n) is 5.54. The molecule has 0 bridgehead atoms. The molecule has 0 heterocycles. The topological polar surface area (TPSA) is 93.8 Å². The zero-order valence-electron chi connectivity index (χ0n) is 14.5. The monoisotopic (exact) mass is 353 g/mol. The average molecular weight is 353 g/mol. The highest BCUT2D eigenvalue weighted by Gasteiger charge is 2.14. The Balaban J connectivity index is 1.86. The van der Waals surface area contributed by atoms with Crippen molar-refractivity contribution in [2.24, 2.45) is 5.10 Å². The van der Waals surface area contributed by atoms with Crippen molar-refractivity contribution in [2.75, 3.05) is 0 Å². The zero-order valence-corrected chi connectivity index (χ0v) is 14.5. The molecule has 7 nitrogen and oxygen atoms in total. The van der Waals surface area contributed by atoms with Crippen LogP contribution in [0.2, 0.25) is 0 Å². The predicted molar refractivity (Wildman–Crippen MR) is 99.9 cm³/mol. The summed E-state index contributed by atoms with van der Waals surface area (Å²) in [5, 5.41) is 14.5. The van der Waals surface area contributed by atoms with Crippen LogP contribution in [0.1, 0.15) is 19.4 Å². The number of benzene rings is 2. The lowest BCUT2D eigenvalue weighted by atomic mass is 10.1. The van der Waals surface area contributed by atoms with Gasteiger partial charge in [-0.15, -0.1) is 0 Å². The number of rotatable bonds is 7. The summed E-state index contributed by atoms with van der Waals surface area (Å²) >= 11 is 0. The van der Waals surface area contributed by atoms with E-state index >= 15 is 0 Å². The minimum Gasteiger partial charge on any atom is -0.481 e. The fraction of sp³-hybridized carbons (Fsp3) is 0.158. The minimum atomic E-state index is -0.799. The van der Waals surface area contributed by atoms with Crippen molar-refractivity contribution in [3.8, 4) is 5.75 Å². The summed E-state index contributed by atoms with van der Waals surface area (Å²) < 4.78 is 5.44. The van der Waals surface area contributed by atoms with E-state index in [0.29, 0.717) is 5.75 Å². The van der Waals surface area contributed by atoms with Gasteiger partial charge in [0.1, 0.15) is 5.75 Å². The Hall–Kier alpha value is -3.48. The van der Waals surface area contributed by atoms with Gasteiger partial charge in [-0.1, -0.05) is 36.4 Å². The number of ether oxygens (including phenoxy) is 1. The standard InChI is InChI=1S/C19H19N3O4/c1-14(12-16-6-4-3-5-7-16)13-20-21-19(23)15(2)26-18-10-8-17(9-11-18)22(24)25/h3-13,15H,1-2H3,(H,21,23)/b14-12-,20-13-/t15-/m0/s1. The summed E-state index contributed by atoms with van der Waals surface area (Å²) in [4.78, 5) is 22.1. The van der Waals surface area contributed by atoms with Crippen molar-refractivity contribution in [1.29, 1.82) is 0 Å². The molecule has 26 heavy (non-hydrogen) atoms. The maximum atomic E-state index is 12.0. The third-order valence-electron chi connectivity index (χ3n) is 3.37. The SMILES string of the molecule is CC(/C=N\NC(=O)[C@H](C)Oc1ccc([N+](=O)[O-])cc1)=C/c1ccccc1. The van der Waals surface area contributed by atoms with Crippen LogP contribution in [0, 0.1) is 10.1 Å². The number of amides is 1. The van der Waals surface area contributed by atoms with Crippen LogP contribution >= 0.6 is 0 Å². The van der Waals surface area contributed by atoms with E-state index in [9.17, 15) is 14.9 Å². The summed E-state index contributed by atoms with van der Waals surface area (Å²) in [7, 11) is 0. The van der Waals surface area contributed by atoms with Crippen LogP contribution in [0.15, 0.2) is 65.3 Å². The molecule has 134 valence electrons. The third kappa shape index (κ3) is 5.86. The maximum absolute atomic E-state index is 12.0. The van der Waals surface area contributed by atoms with Crippen LogP contribution < -0.4 is 10.2 Å². The van der Waals surface area contributed by atoms with Gasteiger partial charge in [-0.05, 0) is 37.1 Å². The normalized spacial score (nSPS) is 12.6. The van der Waals surface area contributed by atoms with E-state index in [4.69, 9.17) is 4.74 Å². The van der Waals surface area contributed by atoms with E-state index in [2.05, 4.69) is 10.5 Å². The van der Waals surface area contributed by atoms with Gasteiger partial charge in [0.15, 0.2) is 6.10 Å². The molecule has 0 unspecified atom stereocenters. The molecule has 0 aliphatic rings. The number of nitro groups is 1. The molecule has 0 spiro atoms. The molecule has 2 aromatic carbocycles. The number of hydrogen-bond acceptors (Lipinski definition) is 5. The second-order valence-corrected chi connectivity index (χ2v) is 5.54. The molecule has 1 amide bonds. The van der Waals surface area contributed by atoms with Crippen molar-refractivity contribution in [3.63, 3.8) is 0 Å². The number of nitrogens with zero attached hydrogens (tertiary/aromatic N) is 2. The summed E-state index contributed by atoms with van der Waals surface area (Å²) in [5.74, 6) is -0.0607. The van der Waals surface area contributed by atoms with Gasteiger partial charge in [-0.3, -0.25) is 14.9 Å². The quantitative estimate of drug-likeness (QED) is 0.468. The van der Waals surface area contributed by atoms with Gasteiger partial charge in [0.05, 0.1) is 11.1 Å². The number of hydrogen-bond donors (Lipinski definition) is 1. The Morgan fingerprint density at radius 3 is 2.46 bits per heavy atom. The van der Waals surface area contributed by atoms with Gasteiger partial charge in [0.25, 0.3) is 11.6 Å². The van der Waals surface area contributed by atoms with E-state index in [0.717, 1.165) is 11.1 Å². The minimum absolute atomic E-state index is 0.0419. The van der Waals surface area contributed by atoms with E-state index in [1.807, 2.05) is 43.3 Å². The highest BCUT2D eigenvalue weighted by atomic mass is 16.6. The van der Waals surface area contributed by atoms with Crippen LogP contribution in [0.5, 0.6) is 5.75 Å². The molecular formula is C19H19N3O4. The number of hydrazone groups is 1. The Bertz CT molecular complexity index is 814. The number of nitro benzene ring substituents is 1. The van der Waals surface area contributed by atoms with Crippen molar-refractivity contribution in [3.05, 3.63) is 75.8 Å². The van der Waals surface area contributed by atoms with Crippen molar-refractivity contribution < 1.29 is 14.5 Å². The highest BCUT2D eigenvalue weighted by Crippen LogP contribution is 2.18. The molecule has 2 rings (SSSR count). The molecule has 0 fully saturated rings. The number of carbonyl (C=O) groups excluding carboxylic acids is 1. The number of nitrogens with one attached hydrogen (secondary N) is 1. The van der Waals surface area contributed by atoms with Gasteiger partial charge in [-0.25, -0.2) is 5.43 Å². The smallest absolute Gasteiger partial charge is 0.280 e. The highest BCUT2D eigenvalue weighted by molar-refractivity contribution is 5.87. The first-order chi connectivity index (χ1) is 12.5. The molecule has 2 aromatic rings. The molecule has 0 aromatic heterocycles. The molecular weight excluding hydrogens is 334 g/mol. The van der Waals surface area contributed by atoms with Crippen molar-refractivity contribution in [1.82, 2.24) is 5.43 Å². The van der Waals surface area contributed by atoms with Gasteiger partial charge in [0, 0.05) is 12.1 Å². The van der Waals surface area contributed by atoms with Crippen LogP contribution in [0.25, 0.3) is 6.08 Å². The zero-order chi connectivity index (χ0) is 18.9. The van der Waals surface area contributed by atoms with Crippen molar-refractivity contribution in [2.45, 2.75) is 20.0 Å². The summed E-state index contributed by atoms with van der Waals surface area (Å²) in [6.07, 6.45) is 2.68. The fourth-order valence-electron chi connectivity index (χ4n) is 2.04. The second kappa shape index (κ2) is 9.12. The Morgan fingerprint density at radius 1 is 1.19 bits per heavy atom. The van der Waals surface area contributed by atoms with Crippen LogP contribution in [-0.4, -0.2) is 23.1 Å². The fourth-order valence-corrected chi connectivity index (χ4v) is 2.04. The van der Waals surface area contributed by atoms with Gasteiger partial charge in [-0.2, -0.15) is 5.10 Å². The van der Waals surface area contributed by atoms with Gasteiger partial charge in [0.2, 0.25) is 0 Å². The number of non-ortho nitro benzene ring substituents is 1. The Kier molecular flexibility index (Phi) is 6.61. The largest absolute Gasteiger partial charge is 0.481 e. The first-order valence-corrected chi connectivity index (χ1v) is 7.93. The number of carbonyl (C=O) groups is 1. The molecule has 0 aliphatic carbocycles. The van der Waals surface area contributed by atoms with Crippen molar-refractivity contribution >= 4 is 23.9 Å². The summed E-state index contributed by atoms with van der Waals surface area (Å²) in [6.45, 7) is 3.44. The van der Waals surface area contributed by atoms with E-state index < -0.39 is 16.9 Å². The summed E-state index contributed by atoms with van der Waals surface area (Å²) in [6, 6.07) is 15.3. The molecule has 7 heteroatoms. The molecule has 1 N–H and O–H groups in total. The number of allylic oxidation sites excluding steroid dienone is 1. The lowest BCUT2D eigenvalue weighted by molar-refractivity contribution is -0.384. The first kappa shape index (κ1) is 18.9. The van der Waals surface area contributed by atoms with E-state index in [-0.39, 0.29) is 5.69 Å². The lowest BCUT2D eigenvalue weighted by Crippen LogP contribution is -2.33. The van der Waals surface area contributed by atoms with Gasteiger partial charge < -0.3 is 4.74 Å². The van der Waals surface area contributed by atoms with E-state index in [1.165, 1.54) is 24.3 Å². The predicted octanol–water partition coefficient (Wildman–Crippen LogP) is 3.57. The molecule has 0 aliphatic heterocycles. The summed E-state index contributed by atoms with van der Waals surface area (Å²) in [5.41, 5.74) is 4.28. The third-order valence-corrected chi connectivity index (χ3v) is 3.37. The molecule has 1 atom stereocenters. The Morgan fingerprint density at radius 2 is 1.85 bits per heavy atom.